The number of aliphatic hydroxyl groups is 1. The summed E-state index contributed by atoms with van der Waals surface area (Å²) in [6.45, 7) is 9.52. The third-order valence-corrected chi connectivity index (χ3v) is 3.01. The SMILES string of the molecule is CC(C)(O)CCN1CCN(CC(N)=S)CC1. The zero-order valence-electron chi connectivity index (χ0n) is 10.3. The van der Waals surface area contributed by atoms with Gasteiger partial charge in [-0.05, 0) is 20.3 Å². The van der Waals surface area contributed by atoms with E-state index in [0.717, 1.165) is 45.7 Å². The summed E-state index contributed by atoms with van der Waals surface area (Å²) in [6, 6.07) is 0. The average Bonchev–Trinajstić information content (AvgIpc) is 2.14. The van der Waals surface area contributed by atoms with Gasteiger partial charge in [-0.1, -0.05) is 12.2 Å². The molecule has 1 fully saturated rings. The number of hydrogen-bond donors (Lipinski definition) is 2. The summed E-state index contributed by atoms with van der Waals surface area (Å²) < 4.78 is 0. The van der Waals surface area contributed by atoms with Gasteiger partial charge in [0.05, 0.1) is 10.6 Å². The highest BCUT2D eigenvalue weighted by Gasteiger charge is 2.19. The standard InChI is InChI=1S/C11H23N3OS/c1-11(2,15)3-4-13-5-7-14(8-6-13)9-10(12)16/h15H,3-9H2,1-2H3,(H2,12,16). The van der Waals surface area contributed by atoms with E-state index in [2.05, 4.69) is 9.80 Å². The molecule has 0 amide bonds. The topological polar surface area (TPSA) is 52.7 Å². The molecule has 94 valence electrons. The number of piperazine rings is 1. The molecule has 0 spiro atoms. The van der Waals surface area contributed by atoms with Crippen molar-refractivity contribution in [2.75, 3.05) is 39.3 Å². The van der Waals surface area contributed by atoms with Gasteiger partial charge in [0.1, 0.15) is 0 Å². The van der Waals surface area contributed by atoms with E-state index in [9.17, 15) is 5.11 Å². The Balaban J connectivity index is 2.19. The molecular formula is C11H23N3OS. The Kier molecular flexibility index (Phi) is 5.11. The molecule has 0 aliphatic carbocycles. The van der Waals surface area contributed by atoms with Gasteiger partial charge in [-0.15, -0.1) is 0 Å². The molecule has 0 bridgehead atoms. The monoisotopic (exact) mass is 245 g/mol. The summed E-state index contributed by atoms with van der Waals surface area (Å²) in [5.74, 6) is 0. The maximum absolute atomic E-state index is 9.65. The summed E-state index contributed by atoms with van der Waals surface area (Å²) in [4.78, 5) is 5.24. The lowest BCUT2D eigenvalue weighted by molar-refractivity contribution is 0.0490. The molecule has 5 heteroatoms. The molecule has 1 heterocycles. The van der Waals surface area contributed by atoms with Crippen molar-refractivity contribution in [3.8, 4) is 0 Å². The van der Waals surface area contributed by atoms with E-state index in [4.69, 9.17) is 18.0 Å². The van der Waals surface area contributed by atoms with Crippen LogP contribution in [0.3, 0.4) is 0 Å². The zero-order valence-corrected chi connectivity index (χ0v) is 11.1. The molecule has 4 nitrogen and oxygen atoms in total. The molecule has 0 aromatic carbocycles. The maximum Gasteiger partial charge on any atom is 0.0870 e. The highest BCUT2D eigenvalue weighted by molar-refractivity contribution is 7.80. The predicted octanol–water partition coefficient (Wildman–Crippen LogP) is 0.0511. The van der Waals surface area contributed by atoms with Crippen LogP contribution >= 0.6 is 12.2 Å². The molecule has 16 heavy (non-hydrogen) atoms. The van der Waals surface area contributed by atoms with Crippen LogP contribution < -0.4 is 5.73 Å². The molecule has 1 saturated heterocycles. The smallest absolute Gasteiger partial charge is 0.0870 e. The quantitative estimate of drug-likeness (QED) is 0.671. The van der Waals surface area contributed by atoms with Crippen LogP contribution in [-0.4, -0.2) is 64.8 Å². The van der Waals surface area contributed by atoms with Gasteiger partial charge in [-0.2, -0.15) is 0 Å². The van der Waals surface area contributed by atoms with Crippen LogP contribution in [0, 0.1) is 0 Å². The summed E-state index contributed by atoms with van der Waals surface area (Å²) in [6.07, 6.45) is 0.822. The Morgan fingerprint density at radius 2 is 1.75 bits per heavy atom. The van der Waals surface area contributed by atoms with Crippen molar-refractivity contribution in [1.82, 2.24) is 9.80 Å². The van der Waals surface area contributed by atoms with E-state index in [0.29, 0.717) is 4.99 Å². The molecule has 0 aromatic rings. The zero-order chi connectivity index (χ0) is 12.2. The summed E-state index contributed by atoms with van der Waals surface area (Å²) in [5, 5.41) is 9.65. The number of nitrogens with two attached hydrogens (primary N) is 1. The molecule has 3 N–H and O–H groups in total. The second-order valence-electron chi connectivity index (χ2n) is 5.15. The van der Waals surface area contributed by atoms with E-state index >= 15 is 0 Å². The minimum absolute atomic E-state index is 0.560. The lowest BCUT2D eigenvalue weighted by Gasteiger charge is -2.35. The predicted molar refractivity (Wildman–Crippen MR) is 70.6 cm³/mol. The molecule has 1 aliphatic rings. The number of thiocarbonyl (C=S) groups is 1. The lowest BCUT2D eigenvalue weighted by Crippen LogP contribution is -2.49. The van der Waals surface area contributed by atoms with Crippen molar-refractivity contribution in [3.05, 3.63) is 0 Å². The van der Waals surface area contributed by atoms with Crippen LogP contribution in [0.4, 0.5) is 0 Å². The van der Waals surface area contributed by atoms with Gasteiger partial charge >= 0.3 is 0 Å². The molecule has 0 radical (unpaired) electrons. The second-order valence-corrected chi connectivity index (χ2v) is 5.67. The van der Waals surface area contributed by atoms with E-state index < -0.39 is 5.60 Å². The Labute approximate surface area is 103 Å². The van der Waals surface area contributed by atoms with Gasteiger partial charge in [0.2, 0.25) is 0 Å². The summed E-state index contributed by atoms with van der Waals surface area (Å²) >= 11 is 4.90. The number of rotatable bonds is 5. The van der Waals surface area contributed by atoms with Gasteiger partial charge in [0.25, 0.3) is 0 Å². The normalized spacial score (nSPS) is 19.9. The van der Waals surface area contributed by atoms with E-state index in [1.807, 2.05) is 13.8 Å². The molecule has 1 aliphatic heterocycles. The second kappa shape index (κ2) is 5.91. The van der Waals surface area contributed by atoms with Crippen LogP contribution in [0.15, 0.2) is 0 Å². The van der Waals surface area contributed by atoms with Crippen molar-refractivity contribution in [2.45, 2.75) is 25.9 Å². The van der Waals surface area contributed by atoms with E-state index in [1.54, 1.807) is 0 Å². The average molecular weight is 245 g/mol. The fourth-order valence-electron chi connectivity index (χ4n) is 1.82. The first kappa shape index (κ1) is 13.8. The Hall–Kier alpha value is -0.230. The van der Waals surface area contributed by atoms with Crippen LogP contribution in [0.2, 0.25) is 0 Å². The van der Waals surface area contributed by atoms with Crippen molar-refractivity contribution in [3.63, 3.8) is 0 Å². The van der Waals surface area contributed by atoms with Crippen molar-refractivity contribution < 1.29 is 5.11 Å². The molecule has 1 rings (SSSR count). The summed E-state index contributed by atoms with van der Waals surface area (Å²) in [7, 11) is 0. The highest BCUT2D eigenvalue weighted by atomic mass is 32.1. The first-order chi connectivity index (χ1) is 7.37. The van der Waals surface area contributed by atoms with Gasteiger partial charge in [-0.3, -0.25) is 4.90 Å². The molecule has 0 unspecified atom stereocenters. The van der Waals surface area contributed by atoms with E-state index in [1.165, 1.54) is 0 Å². The third-order valence-electron chi connectivity index (χ3n) is 2.88. The molecule has 0 saturated carbocycles. The number of nitrogens with zero attached hydrogens (tertiary/aromatic N) is 2. The van der Waals surface area contributed by atoms with Gasteiger partial charge in [-0.25, -0.2) is 0 Å². The van der Waals surface area contributed by atoms with Gasteiger partial charge < -0.3 is 15.7 Å². The minimum atomic E-state index is -0.560. The van der Waals surface area contributed by atoms with Crippen molar-refractivity contribution >= 4 is 17.2 Å². The minimum Gasteiger partial charge on any atom is -0.392 e. The highest BCUT2D eigenvalue weighted by Crippen LogP contribution is 2.10. The van der Waals surface area contributed by atoms with Gasteiger partial charge in [0, 0.05) is 39.3 Å². The Morgan fingerprint density at radius 3 is 2.19 bits per heavy atom. The van der Waals surface area contributed by atoms with Crippen LogP contribution in [0.1, 0.15) is 20.3 Å². The lowest BCUT2D eigenvalue weighted by atomic mass is 10.1. The first-order valence-electron chi connectivity index (χ1n) is 5.82. The van der Waals surface area contributed by atoms with Crippen LogP contribution in [0.5, 0.6) is 0 Å². The van der Waals surface area contributed by atoms with Gasteiger partial charge in [0.15, 0.2) is 0 Å². The summed E-state index contributed by atoms with van der Waals surface area (Å²) in [5.41, 5.74) is 4.96. The largest absolute Gasteiger partial charge is 0.392 e. The Morgan fingerprint density at radius 1 is 1.25 bits per heavy atom. The molecule has 0 atom stereocenters. The fraction of sp³-hybridized carbons (Fsp3) is 0.909. The Bertz CT molecular complexity index is 232. The van der Waals surface area contributed by atoms with Crippen LogP contribution in [0.25, 0.3) is 0 Å². The van der Waals surface area contributed by atoms with Crippen molar-refractivity contribution in [1.29, 1.82) is 0 Å². The van der Waals surface area contributed by atoms with Crippen molar-refractivity contribution in [2.24, 2.45) is 5.73 Å². The third kappa shape index (κ3) is 5.75. The maximum atomic E-state index is 9.65. The number of hydrogen-bond acceptors (Lipinski definition) is 4. The molecule has 0 aromatic heterocycles. The van der Waals surface area contributed by atoms with Crippen LogP contribution in [-0.2, 0) is 0 Å². The van der Waals surface area contributed by atoms with E-state index in [-0.39, 0.29) is 0 Å². The molecular weight excluding hydrogens is 222 g/mol. The first-order valence-corrected chi connectivity index (χ1v) is 6.23. The fourth-order valence-corrected chi connectivity index (χ4v) is 2.01.